The lowest BCUT2D eigenvalue weighted by Gasteiger charge is -2.28. The first-order chi connectivity index (χ1) is 9.12. The second-order valence-electron chi connectivity index (χ2n) is 5.52. The standard InChI is InChI=1S/C13H23F3N2OS/c1-5-11-8-18(9-12(17-11)13(14,15)16)10-19-6-7-20(2,3)4/h8-9,17H,5-7,10H2,1-4H3. The highest BCUT2D eigenvalue weighted by Crippen LogP contribution is 2.33. The molecule has 0 aromatic rings. The zero-order chi connectivity index (χ0) is 15.4. The minimum Gasteiger partial charge on any atom is -0.360 e. The van der Waals surface area contributed by atoms with Gasteiger partial charge in [-0.1, -0.05) is 6.92 Å². The molecule has 0 atom stereocenters. The highest BCUT2D eigenvalue weighted by molar-refractivity contribution is 8.32. The van der Waals surface area contributed by atoms with Crippen molar-refractivity contribution in [3.05, 3.63) is 23.8 Å². The maximum absolute atomic E-state index is 12.7. The molecule has 1 rings (SSSR count). The van der Waals surface area contributed by atoms with Gasteiger partial charge in [0.25, 0.3) is 0 Å². The van der Waals surface area contributed by atoms with Gasteiger partial charge in [0.05, 0.1) is 6.61 Å². The summed E-state index contributed by atoms with van der Waals surface area (Å²) in [6.07, 6.45) is 5.37. The molecule has 0 saturated carbocycles. The van der Waals surface area contributed by atoms with Gasteiger partial charge in [-0.3, -0.25) is 0 Å². The highest BCUT2D eigenvalue weighted by Gasteiger charge is 2.36. The lowest BCUT2D eigenvalue weighted by molar-refractivity contribution is -0.0979. The number of rotatable bonds is 6. The van der Waals surface area contributed by atoms with E-state index in [1.165, 1.54) is 4.90 Å². The van der Waals surface area contributed by atoms with Gasteiger partial charge in [-0.15, -0.1) is 0 Å². The lowest BCUT2D eigenvalue weighted by Crippen LogP contribution is -2.33. The van der Waals surface area contributed by atoms with E-state index in [0.29, 0.717) is 18.7 Å². The Labute approximate surface area is 120 Å². The number of halogens is 3. The molecule has 0 bridgehead atoms. The Balaban J connectivity index is 2.56. The van der Waals surface area contributed by atoms with Crippen LogP contribution in [0.3, 0.4) is 0 Å². The number of alkyl halides is 3. The third kappa shape index (κ3) is 6.09. The average Bonchev–Trinajstić information content (AvgIpc) is 2.32. The van der Waals surface area contributed by atoms with Crippen LogP contribution in [-0.2, 0) is 4.74 Å². The zero-order valence-corrected chi connectivity index (χ0v) is 13.2. The average molecular weight is 312 g/mol. The van der Waals surface area contributed by atoms with E-state index in [-0.39, 0.29) is 6.73 Å². The minimum atomic E-state index is -4.37. The number of ether oxygens (including phenoxy) is 1. The van der Waals surface area contributed by atoms with Crippen LogP contribution in [0.2, 0.25) is 0 Å². The summed E-state index contributed by atoms with van der Waals surface area (Å²) in [6.45, 7) is 2.51. The van der Waals surface area contributed by atoms with E-state index in [2.05, 4.69) is 24.1 Å². The number of nitrogens with one attached hydrogen (secondary N) is 1. The number of hydrogen-bond acceptors (Lipinski definition) is 3. The van der Waals surface area contributed by atoms with Crippen molar-refractivity contribution in [3.8, 4) is 0 Å². The monoisotopic (exact) mass is 312 g/mol. The van der Waals surface area contributed by atoms with Gasteiger partial charge in [0.1, 0.15) is 12.4 Å². The Morgan fingerprint density at radius 1 is 1.25 bits per heavy atom. The Bertz CT molecular complexity index is 386. The summed E-state index contributed by atoms with van der Waals surface area (Å²) in [6, 6.07) is 0. The number of hydrogen-bond donors (Lipinski definition) is 1. The lowest BCUT2D eigenvalue weighted by atomic mass is 10.3. The molecule has 1 aliphatic heterocycles. The summed E-state index contributed by atoms with van der Waals surface area (Å²) >= 11 is 0. The van der Waals surface area contributed by atoms with Crippen LogP contribution in [0.1, 0.15) is 13.3 Å². The van der Waals surface area contributed by atoms with Crippen molar-refractivity contribution in [1.29, 1.82) is 0 Å². The summed E-state index contributed by atoms with van der Waals surface area (Å²) in [5.41, 5.74) is -0.216. The predicted octanol–water partition coefficient (Wildman–Crippen LogP) is 3.21. The fourth-order valence-corrected chi connectivity index (χ4v) is 2.14. The molecule has 20 heavy (non-hydrogen) atoms. The minimum absolute atomic E-state index is 0.139. The first-order valence-electron chi connectivity index (χ1n) is 6.38. The molecule has 3 nitrogen and oxygen atoms in total. The van der Waals surface area contributed by atoms with Gasteiger partial charge in [-0.2, -0.15) is 13.2 Å². The molecule has 0 radical (unpaired) electrons. The van der Waals surface area contributed by atoms with Crippen molar-refractivity contribution in [2.24, 2.45) is 0 Å². The van der Waals surface area contributed by atoms with E-state index in [4.69, 9.17) is 4.74 Å². The molecule has 1 N–H and O–H groups in total. The fraction of sp³-hybridized carbons (Fsp3) is 0.692. The molecule has 0 aromatic heterocycles. The summed E-state index contributed by atoms with van der Waals surface area (Å²) in [4.78, 5) is 1.44. The number of allylic oxidation sites excluding steroid dienone is 2. The maximum Gasteiger partial charge on any atom is 0.432 e. The molecule has 7 heteroatoms. The molecule has 0 aromatic carbocycles. The third-order valence-corrected chi connectivity index (χ3v) is 4.07. The van der Waals surface area contributed by atoms with Crippen LogP contribution in [0.15, 0.2) is 23.8 Å². The predicted molar refractivity (Wildman–Crippen MR) is 78.5 cm³/mol. The second-order valence-corrected chi connectivity index (χ2v) is 10.1. The third-order valence-electron chi connectivity index (χ3n) is 2.68. The zero-order valence-electron chi connectivity index (χ0n) is 12.4. The smallest absolute Gasteiger partial charge is 0.360 e. The molecule has 0 saturated heterocycles. The molecule has 0 spiro atoms. The first kappa shape index (κ1) is 17.2. The quantitative estimate of drug-likeness (QED) is 0.762. The molecule has 0 unspecified atom stereocenters. The van der Waals surface area contributed by atoms with Gasteiger partial charge in [0, 0.05) is 23.8 Å². The van der Waals surface area contributed by atoms with Crippen LogP contribution in [-0.4, -0.2) is 48.9 Å². The number of nitrogens with zero attached hydrogens (tertiary/aromatic N) is 1. The topological polar surface area (TPSA) is 24.5 Å². The van der Waals surface area contributed by atoms with Gasteiger partial charge in [0.15, 0.2) is 0 Å². The van der Waals surface area contributed by atoms with E-state index in [1.54, 1.807) is 13.1 Å². The molecular weight excluding hydrogens is 289 g/mol. The van der Waals surface area contributed by atoms with Crippen LogP contribution in [0, 0.1) is 0 Å². The second kappa shape index (κ2) is 6.76. The maximum atomic E-state index is 12.7. The summed E-state index contributed by atoms with van der Waals surface area (Å²) in [5, 5.41) is 2.39. The van der Waals surface area contributed by atoms with E-state index < -0.39 is 21.9 Å². The molecule has 1 heterocycles. The summed E-state index contributed by atoms with van der Waals surface area (Å²) < 4.78 is 43.7. The largest absolute Gasteiger partial charge is 0.432 e. The van der Waals surface area contributed by atoms with Gasteiger partial charge in [0.2, 0.25) is 0 Å². The van der Waals surface area contributed by atoms with E-state index in [1.807, 2.05) is 0 Å². The molecule has 118 valence electrons. The summed E-state index contributed by atoms with van der Waals surface area (Å²) in [5.74, 6) is 0.944. The Hall–Kier alpha value is -0.820. The van der Waals surface area contributed by atoms with E-state index in [0.717, 1.165) is 12.0 Å². The van der Waals surface area contributed by atoms with Gasteiger partial charge in [-0.25, -0.2) is 10.0 Å². The molecule has 0 amide bonds. The van der Waals surface area contributed by atoms with Gasteiger partial charge in [-0.05, 0) is 25.2 Å². The van der Waals surface area contributed by atoms with Gasteiger partial charge < -0.3 is 15.0 Å². The van der Waals surface area contributed by atoms with E-state index >= 15 is 0 Å². The van der Waals surface area contributed by atoms with Crippen molar-refractivity contribution >= 4 is 10.0 Å². The molecule has 1 aliphatic rings. The van der Waals surface area contributed by atoms with E-state index in [9.17, 15) is 13.2 Å². The highest BCUT2D eigenvalue weighted by atomic mass is 32.3. The Kier molecular flexibility index (Phi) is 5.82. The SMILES string of the molecule is CCC1=CN(COCCS(C)(C)C)C=C(C(F)(F)F)N1. The summed E-state index contributed by atoms with van der Waals surface area (Å²) in [7, 11) is -0.643. The molecular formula is C13H23F3N2OS. The van der Waals surface area contributed by atoms with Crippen molar-refractivity contribution in [2.45, 2.75) is 19.5 Å². The Morgan fingerprint density at radius 3 is 2.40 bits per heavy atom. The fourth-order valence-electron chi connectivity index (χ4n) is 1.52. The van der Waals surface area contributed by atoms with Crippen molar-refractivity contribution < 1.29 is 17.9 Å². The van der Waals surface area contributed by atoms with Crippen LogP contribution in [0.25, 0.3) is 0 Å². The van der Waals surface area contributed by atoms with Gasteiger partial charge >= 0.3 is 6.18 Å². The normalized spacial score (nSPS) is 17.4. The van der Waals surface area contributed by atoms with Crippen LogP contribution in [0.4, 0.5) is 13.2 Å². The Morgan fingerprint density at radius 2 is 1.90 bits per heavy atom. The molecule has 0 aliphatic carbocycles. The van der Waals surface area contributed by atoms with Crippen molar-refractivity contribution in [3.63, 3.8) is 0 Å². The first-order valence-corrected chi connectivity index (χ1v) is 9.41. The van der Waals surface area contributed by atoms with Crippen LogP contribution in [0.5, 0.6) is 0 Å². The van der Waals surface area contributed by atoms with Crippen molar-refractivity contribution in [2.75, 3.05) is 37.9 Å². The molecule has 0 fully saturated rings. The van der Waals surface area contributed by atoms with Crippen molar-refractivity contribution in [1.82, 2.24) is 10.2 Å². The van der Waals surface area contributed by atoms with Crippen LogP contribution >= 0.6 is 10.0 Å². The van der Waals surface area contributed by atoms with Crippen LogP contribution < -0.4 is 5.32 Å².